The Hall–Kier alpha value is -0.870. The van der Waals surface area contributed by atoms with Crippen LogP contribution in [0.25, 0.3) is 0 Å². The molecule has 1 N–H and O–H groups in total. The van der Waals surface area contributed by atoms with Crippen molar-refractivity contribution in [1.82, 2.24) is 0 Å². The van der Waals surface area contributed by atoms with Gasteiger partial charge in [0.1, 0.15) is 11.5 Å². The molecule has 0 fully saturated rings. The van der Waals surface area contributed by atoms with E-state index in [0.29, 0.717) is 23.2 Å². The van der Waals surface area contributed by atoms with Crippen molar-refractivity contribution in [3.63, 3.8) is 0 Å². The highest BCUT2D eigenvalue weighted by molar-refractivity contribution is 7.99. The molecule has 4 heteroatoms. The lowest BCUT2D eigenvalue weighted by Crippen LogP contribution is -2.04. The number of hydrogen-bond donors (Lipinski definition) is 1. The maximum Gasteiger partial charge on any atom is 0.122 e. The molecular formula is C14H22O3S. The lowest BCUT2D eigenvalue weighted by molar-refractivity contribution is 0.203. The first-order valence-electron chi connectivity index (χ1n) is 6.05. The summed E-state index contributed by atoms with van der Waals surface area (Å²) in [5.74, 6) is 3.80. The molecule has 0 spiro atoms. The molecule has 0 bridgehead atoms. The Bertz CT molecular complexity index is 344. The van der Waals surface area contributed by atoms with Gasteiger partial charge >= 0.3 is 0 Å². The van der Waals surface area contributed by atoms with E-state index in [0.717, 1.165) is 11.3 Å². The Kier molecular flexibility index (Phi) is 6.36. The zero-order chi connectivity index (χ0) is 13.5. The first-order chi connectivity index (χ1) is 8.56. The average Bonchev–Trinajstić information content (AvgIpc) is 2.37. The summed E-state index contributed by atoms with van der Waals surface area (Å²) in [5.41, 5.74) is 0.836. The second-order valence-corrected chi connectivity index (χ2v) is 5.67. The van der Waals surface area contributed by atoms with Gasteiger partial charge in [0.15, 0.2) is 0 Å². The van der Waals surface area contributed by atoms with Crippen molar-refractivity contribution in [2.24, 2.45) is 5.92 Å². The third-order valence-corrected chi connectivity index (χ3v) is 3.94. The predicted molar refractivity (Wildman–Crippen MR) is 76.7 cm³/mol. The Labute approximate surface area is 113 Å². The molecule has 0 saturated carbocycles. The van der Waals surface area contributed by atoms with Crippen molar-refractivity contribution in [3.05, 3.63) is 23.8 Å². The van der Waals surface area contributed by atoms with Gasteiger partial charge < -0.3 is 14.6 Å². The van der Waals surface area contributed by atoms with Gasteiger partial charge in [0.25, 0.3) is 0 Å². The summed E-state index contributed by atoms with van der Waals surface area (Å²) in [6, 6.07) is 5.50. The highest BCUT2D eigenvalue weighted by Gasteiger charge is 2.11. The fourth-order valence-electron chi connectivity index (χ4n) is 1.53. The fourth-order valence-corrected chi connectivity index (χ4v) is 2.56. The first kappa shape index (κ1) is 15.2. The summed E-state index contributed by atoms with van der Waals surface area (Å²) < 4.78 is 10.4. The highest BCUT2D eigenvalue weighted by Crippen LogP contribution is 2.28. The van der Waals surface area contributed by atoms with Crippen LogP contribution in [-0.2, 0) is 0 Å². The molecule has 3 nitrogen and oxygen atoms in total. The number of thioether (sulfide) groups is 1. The van der Waals surface area contributed by atoms with Gasteiger partial charge in [-0.05, 0) is 29.4 Å². The van der Waals surface area contributed by atoms with Gasteiger partial charge in [-0.3, -0.25) is 0 Å². The monoisotopic (exact) mass is 270 g/mol. The number of ether oxygens (including phenoxy) is 2. The van der Waals surface area contributed by atoms with Gasteiger partial charge in [0.05, 0.1) is 20.3 Å². The molecule has 102 valence electrons. The number of methoxy groups -OCH3 is 2. The van der Waals surface area contributed by atoms with E-state index in [-0.39, 0.29) is 0 Å². The number of rotatable bonds is 7. The number of aliphatic hydroxyl groups is 1. The zero-order valence-electron chi connectivity index (χ0n) is 11.5. The van der Waals surface area contributed by atoms with Crippen LogP contribution in [0.3, 0.4) is 0 Å². The van der Waals surface area contributed by atoms with Crippen molar-refractivity contribution >= 4 is 11.8 Å². The Balaban J connectivity index is 2.68. The van der Waals surface area contributed by atoms with Crippen molar-refractivity contribution in [1.29, 1.82) is 0 Å². The maximum absolute atomic E-state index is 10.1. The first-order valence-corrected chi connectivity index (χ1v) is 7.21. The van der Waals surface area contributed by atoms with Gasteiger partial charge in [-0.1, -0.05) is 13.8 Å². The Morgan fingerprint density at radius 1 is 1.06 bits per heavy atom. The molecule has 1 aromatic carbocycles. The van der Waals surface area contributed by atoms with Gasteiger partial charge in [-0.2, -0.15) is 11.8 Å². The minimum Gasteiger partial charge on any atom is -0.497 e. The summed E-state index contributed by atoms with van der Waals surface area (Å²) in [7, 11) is 3.22. The summed E-state index contributed by atoms with van der Waals surface area (Å²) in [6.45, 7) is 4.35. The van der Waals surface area contributed by atoms with Crippen LogP contribution in [-0.4, -0.2) is 30.8 Å². The van der Waals surface area contributed by atoms with E-state index in [1.54, 1.807) is 32.0 Å². The Morgan fingerprint density at radius 2 is 1.61 bits per heavy atom. The largest absolute Gasteiger partial charge is 0.497 e. The van der Waals surface area contributed by atoms with Crippen molar-refractivity contribution < 1.29 is 14.6 Å². The van der Waals surface area contributed by atoms with Crippen LogP contribution in [0.2, 0.25) is 0 Å². The minimum absolute atomic E-state index is 0.488. The van der Waals surface area contributed by atoms with Gasteiger partial charge in [-0.25, -0.2) is 0 Å². The van der Waals surface area contributed by atoms with Crippen molar-refractivity contribution in [2.75, 3.05) is 25.7 Å². The van der Waals surface area contributed by atoms with Crippen LogP contribution in [0.15, 0.2) is 18.2 Å². The molecular weight excluding hydrogens is 248 g/mol. The minimum atomic E-state index is -0.488. The van der Waals surface area contributed by atoms with Crippen molar-refractivity contribution in [2.45, 2.75) is 20.0 Å². The smallest absolute Gasteiger partial charge is 0.122 e. The molecule has 0 radical (unpaired) electrons. The van der Waals surface area contributed by atoms with E-state index in [9.17, 15) is 5.11 Å². The maximum atomic E-state index is 10.1. The standard InChI is InChI=1S/C14H22O3S/c1-10(2)8-18-9-14(15)11-5-12(16-3)7-13(6-11)17-4/h5-7,10,14-15H,8-9H2,1-4H3. The molecule has 1 atom stereocenters. The van der Waals surface area contributed by atoms with E-state index >= 15 is 0 Å². The zero-order valence-corrected chi connectivity index (χ0v) is 12.3. The summed E-state index contributed by atoms with van der Waals surface area (Å²) in [6.07, 6.45) is -0.488. The van der Waals surface area contributed by atoms with Crippen LogP contribution in [0.5, 0.6) is 11.5 Å². The van der Waals surface area contributed by atoms with Crippen LogP contribution in [0.1, 0.15) is 25.5 Å². The van der Waals surface area contributed by atoms with E-state index < -0.39 is 6.10 Å². The Morgan fingerprint density at radius 3 is 2.06 bits per heavy atom. The molecule has 0 aliphatic carbocycles. The SMILES string of the molecule is COc1cc(OC)cc(C(O)CSCC(C)C)c1. The summed E-state index contributed by atoms with van der Waals surface area (Å²) >= 11 is 1.76. The molecule has 1 unspecified atom stereocenters. The van der Waals surface area contributed by atoms with Crippen LogP contribution in [0.4, 0.5) is 0 Å². The van der Waals surface area contributed by atoms with Crippen molar-refractivity contribution in [3.8, 4) is 11.5 Å². The predicted octanol–water partition coefficient (Wildman–Crippen LogP) is 3.13. The lowest BCUT2D eigenvalue weighted by atomic mass is 10.1. The molecule has 1 rings (SSSR count). The summed E-state index contributed by atoms with van der Waals surface area (Å²) in [5, 5.41) is 10.1. The summed E-state index contributed by atoms with van der Waals surface area (Å²) in [4.78, 5) is 0. The second-order valence-electron chi connectivity index (χ2n) is 4.59. The van der Waals surface area contributed by atoms with Gasteiger partial charge in [-0.15, -0.1) is 0 Å². The highest BCUT2D eigenvalue weighted by atomic mass is 32.2. The van der Waals surface area contributed by atoms with Gasteiger partial charge in [0.2, 0.25) is 0 Å². The van der Waals surface area contributed by atoms with E-state index in [1.165, 1.54) is 0 Å². The van der Waals surface area contributed by atoms with Crippen LogP contribution >= 0.6 is 11.8 Å². The molecule has 0 amide bonds. The molecule has 1 aromatic rings. The molecule has 0 aliphatic rings. The second kappa shape index (κ2) is 7.54. The molecule has 0 saturated heterocycles. The average molecular weight is 270 g/mol. The van der Waals surface area contributed by atoms with Crippen LogP contribution in [0, 0.1) is 5.92 Å². The lowest BCUT2D eigenvalue weighted by Gasteiger charge is -2.14. The van der Waals surface area contributed by atoms with Gasteiger partial charge in [0, 0.05) is 11.8 Å². The normalized spacial score (nSPS) is 12.6. The van der Waals surface area contributed by atoms with E-state index in [1.807, 2.05) is 12.1 Å². The number of benzene rings is 1. The molecule has 18 heavy (non-hydrogen) atoms. The molecule has 0 heterocycles. The number of aliphatic hydroxyl groups excluding tert-OH is 1. The molecule has 0 aliphatic heterocycles. The third kappa shape index (κ3) is 4.78. The quantitative estimate of drug-likeness (QED) is 0.826. The fraction of sp³-hybridized carbons (Fsp3) is 0.571. The van der Waals surface area contributed by atoms with E-state index in [4.69, 9.17) is 9.47 Å². The van der Waals surface area contributed by atoms with Crippen LogP contribution < -0.4 is 9.47 Å². The topological polar surface area (TPSA) is 38.7 Å². The van der Waals surface area contributed by atoms with E-state index in [2.05, 4.69) is 13.8 Å². The molecule has 0 aromatic heterocycles. The number of hydrogen-bond acceptors (Lipinski definition) is 4. The third-order valence-electron chi connectivity index (χ3n) is 2.49.